The second-order valence-corrected chi connectivity index (χ2v) is 3.23. The summed E-state index contributed by atoms with van der Waals surface area (Å²) in [6.07, 6.45) is 0. The van der Waals surface area contributed by atoms with Crippen molar-refractivity contribution in [2.45, 2.75) is 5.75 Å². The minimum Gasteiger partial charge on any atom is -0.347 e. The first-order valence-corrected chi connectivity index (χ1v) is 4.60. The molecule has 0 bridgehead atoms. The van der Waals surface area contributed by atoms with Gasteiger partial charge in [-0.25, -0.2) is 0 Å². The van der Waals surface area contributed by atoms with Gasteiger partial charge in [-0.2, -0.15) is 12.6 Å². The van der Waals surface area contributed by atoms with Crippen LogP contribution in [0.2, 0.25) is 0 Å². The maximum Gasteiger partial charge on any atom is 0.0480 e. The van der Waals surface area contributed by atoms with Gasteiger partial charge < -0.3 is 4.57 Å². The van der Waals surface area contributed by atoms with Crippen LogP contribution >= 0.6 is 12.6 Å². The summed E-state index contributed by atoms with van der Waals surface area (Å²) in [4.78, 5) is 0. The molecule has 0 amide bonds. The highest BCUT2D eigenvalue weighted by molar-refractivity contribution is 7.79. The number of para-hydroxylation sites is 1. The number of fused-ring (bicyclic) bond motifs is 1. The van der Waals surface area contributed by atoms with Crippen LogP contribution in [0.4, 0.5) is 0 Å². The molecule has 1 aromatic carbocycles. The topological polar surface area (TPSA) is 4.93 Å². The lowest BCUT2D eigenvalue weighted by atomic mass is 10.2. The van der Waals surface area contributed by atoms with Crippen molar-refractivity contribution in [1.29, 1.82) is 0 Å². The third kappa shape index (κ3) is 1.03. The average molecular weight is 177 g/mol. The number of aromatic nitrogens is 1. The molecule has 0 aliphatic carbocycles. The van der Waals surface area contributed by atoms with Gasteiger partial charge in [0.1, 0.15) is 0 Å². The summed E-state index contributed by atoms with van der Waals surface area (Å²) in [5.41, 5.74) is 2.54. The van der Waals surface area contributed by atoms with Crippen LogP contribution in [-0.4, -0.2) is 4.57 Å². The van der Waals surface area contributed by atoms with E-state index in [1.54, 1.807) is 0 Å². The number of thiol groups is 1. The predicted octanol–water partition coefficient (Wildman–Crippen LogP) is 2.61. The number of hydrogen-bond acceptors (Lipinski definition) is 1. The third-order valence-corrected chi connectivity index (χ3v) is 2.54. The van der Waals surface area contributed by atoms with Gasteiger partial charge in [-0.3, -0.25) is 0 Å². The Labute approximate surface area is 77.4 Å². The summed E-state index contributed by atoms with van der Waals surface area (Å²) in [5.74, 6) is 0.797. The Hall–Kier alpha value is -0.890. The van der Waals surface area contributed by atoms with Crippen LogP contribution < -0.4 is 0 Å². The Kier molecular flexibility index (Phi) is 1.85. The molecule has 62 valence electrons. The number of rotatable bonds is 1. The van der Waals surface area contributed by atoms with Crippen molar-refractivity contribution < 1.29 is 0 Å². The maximum atomic E-state index is 4.27. The summed E-state index contributed by atoms with van der Waals surface area (Å²) < 4.78 is 2.18. The Morgan fingerprint density at radius 1 is 1.33 bits per heavy atom. The van der Waals surface area contributed by atoms with Crippen LogP contribution in [0.15, 0.2) is 30.3 Å². The van der Waals surface area contributed by atoms with E-state index >= 15 is 0 Å². The molecule has 2 heteroatoms. The van der Waals surface area contributed by atoms with Gasteiger partial charge in [0.25, 0.3) is 0 Å². The zero-order valence-corrected chi connectivity index (χ0v) is 7.88. The molecule has 0 aliphatic rings. The minimum absolute atomic E-state index is 0.797. The standard InChI is InChI=1S/C10H11NS/c1-11-9(7-12)6-8-4-2-3-5-10(8)11/h2-6,12H,7H2,1H3. The van der Waals surface area contributed by atoms with Gasteiger partial charge in [0.15, 0.2) is 0 Å². The van der Waals surface area contributed by atoms with E-state index in [4.69, 9.17) is 0 Å². The Morgan fingerprint density at radius 3 is 2.75 bits per heavy atom. The highest BCUT2D eigenvalue weighted by atomic mass is 32.1. The van der Waals surface area contributed by atoms with Crippen molar-refractivity contribution in [3.05, 3.63) is 36.0 Å². The minimum atomic E-state index is 0.797. The summed E-state index contributed by atoms with van der Waals surface area (Å²) in [5, 5.41) is 1.30. The Morgan fingerprint density at radius 2 is 2.08 bits per heavy atom. The van der Waals surface area contributed by atoms with E-state index in [2.05, 4.69) is 54.6 Å². The lowest BCUT2D eigenvalue weighted by molar-refractivity contribution is 0.911. The summed E-state index contributed by atoms with van der Waals surface area (Å²) in [7, 11) is 2.08. The summed E-state index contributed by atoms with van der Waals surface area (Å²) in [6, 6.07) is 10.6. The number of benzene rings is 1. The van der Waals surface area contributed by atoms with Crippen molar-refractivity contribution in [2.24, 2.45) is 7.05 Å². The van der Waals surface area contributed by atoms with Crippen molar-refractivity contribution in [2.75, 3.05) is 0 Å². The van der Waals surface area contributed by atoms with Gasteiger partial charge in [-0.15, -0.1) is 0 Å². The summed E-state index contributed by atoms with van der Waals surface area (Å²) in [6.45, 7) is 0. The molecule has 0 spiro atoms. The molecule has 12 heavy (non-hydrogen) atoms. The molecule has 0 saturated carbocycles. The van der Waals surface area contributed by atoms with E-state index in [-0.39, 0.29) is 0 Å². The van der Waals surface area contributed by atoms with Crippen molar-refractivity contribution >= 4 is 23.5 Å². The first-order valence-electron chi connectivity index (χ1n) is 3.97. The zero-order chi connectivity index (χ0) is 8.55. The van der Waals surface area contributed by atoms with Crippen LogP contribution in [0.1, 0.15) is 5.69 Å². The van der Waals surface area contributed by atoms with E-state index in [0.717, 1.165) is 5.75 Å². The van der Waals surface area contributed by atoms with E-state index < -0.39 is 0 Å². The van der Waals surface area contributed by atoms with Crippen LogP contribution in [0.25, 0.3) is 10.9 Å². The maximum absolute atomic E-state index is 4.27. The molecule has 0 aliphatic heterocycles. The number of aryl methyl sites for hydroxylation is 1. The van der Waals surface area contributed by atoms with Crippen molar-refractivity contribution in [1.82, 2.24) is 4.57 Å². The quantitative estimate of drug-likeness (QED) is 0.639. The third-order valence-electron chi connectivity index (χ3n) is 2.21. The predicted molar refractivity (Wildman–Crippen MR) is 55.6 cm³/mol. The smallest absolute Gasteiger partial charge is 0.0480 e. The van der Waals surface area contributed by atoms with Crippen LogP contribution in [0.5, 0.6) is 0 Å². The second kappa shape index (κ2) is 2.87. The van der Waals surface area contributed by atoms with Gasteiger partial charge in [0.05, 0.1) is 0 Å². The summed E-state index contributed by atoms with van der Waals surface area (Å²) >= 11 is 4.27. The second-order valence-electron chi connectivity index (χ2n) is 2.91. The Bertz CT molecular complexity index is 403. The highest BCUT2D eigenvalue weighted by Crippen LogP contribution is 2.18. The molecule has 1 aromatic heterocycles. The zero-order valence-electron chi connectivity index (χ0n) is 6.99. The molecule has 0 radical (unpaired) electrons. The molecule has 0 fully saturated rings. The fourth-order valence-electron chi connectivity index (χ4n) is 1.50. The molecule has 0 saturated heterocycles. The van der Waals surface area contributed by atoms with E-state index in [1.807, 2.05) is 0 Å². The molecule has 0 atom stereocenters. The van der Waals surface area contributed by atoms with Gasteiger partial charge in [-0.05, 0) is 17.5 Å². The van der Waals surface area contributed by atoms with Gasteiger partial charge in [0.2, 0.25) is 0 Å². The molecule has 2 aromatic rings. The molecule has 1 nitrogen and oxygen atoms in total. The van der Waals surface area contributed by atoms with E-state index in [0.29, 0.717) is 0 Å². The van der Waals surface area contributed by atoms with Gasteiger partial charge >= 0.3 is 0 Å². The molecule has 0 unspecified atom stereocenters. The molecule has 1 heterocycles. The van der Waals surface area contributed by atoms with Crippen molar-refractivity contribution in [3.63, 3.8) is 0 Å². The lowest BCUT2D eigenvalue weighted by Crippen LogP contribution is -1.91. The Balaban J connectivity index is 2.78. The highest BCUT2D eigenvalue weighted by Gasteiger charge is 2.01. The number of hydrogen-bond donors (Lipinski definition) is 1. The molecule has 0 N–H and O–H groups in total. The lowest BCUT2D eigenvalue weighted by Gasteiger charge is -1.98. The normalized spacial score (nSPS) is 10.8. The molecule has 2 rings (SSSR count). The van der Waals surface area contributed by atoms with Crippen LogP contribution in [-0.2, 0) is 12.8 Å². The molecular weight excluding hydrogens is 166 g/mol. The van der Waals surface area contributed by atoms with Crippen LogP contribution in [0, 0.1) is 0 Å². The molecular formula is C10H11NS. The first-order chi connectivity index (χ1) is 5.83. The van der Waals surface area contributed by atoms with Crippen LogP contribution in [0.3, 0.4) is 0 Å². The van der Waals surface area contributed by atoms with Gasteiger partial charge in [-0.1, -0.05) is 18.2 Å². The van der Waals surface area contributed by atoms with Gasteiger partial charge in [0, 0.05) is 24.0 Å². The fraction of sp³-hybridized carbons (Fsp3) is 0.200. The SMILES string of the molecule is Cn1c(CS)cc2ccccc21. The van der Waals surface area contributed by atoms with E-state index in [1.165, 1.54) is 16.6 Å². The van der Waals surface area contributed by atoms with Crippen molar-refractivity contribution in [3.8, 4) is 0 Å². The van der Waals surface area contributed by atoms with E-state index in [9.17, 15) is 0 Å². The monoisotopic (exact) mass is 177 g/mol. The largest absolute Gasteiger partial charge is 0.347 e. The fourth-order valence-corrected chi connectivity index (χ4v) is 1.80. The first kappa shape index (κ1) is 7.74. The average Bonchev–Trinajstić information content (AvgIpc) is 2.44. The number of nitrogens with zero attached hydrogens (tertiary/aromatic N) is 1.